The van der Waals surface area contributed by atoms with E-state index in [1.54, 1.807) is 6.92 Å². The van der Waals surface area contributed by atoms with E-state index in [-0.39, 0.29) is 24.4 Å². The molecule has 1 atom stereocenters. The van der Waals surface area contributed by atoms with Crippen LogP contribution in [-0.2, 0) is 15.1 Å². The summed E-state index contributed by atoms with van der Waals surface area (Å²) in [6.45, 7) is 4.04. The van der Waals surface area contributed by atoms with Crippen molar-refractivity contribution in [3.8, 4) is 0 Å². The molecule has 2 fully saturated rings. The highest BCUT2D eigenvalue weighted by atomic mass is 16.2. The molecule has 6 heteroatoms. The first kappa shape index (κ1) is 18.4. The fourth-order valence-corrected chi connectivity index (χ4v) is 4.06. The molecule has 1 heterocycles. The van der Waals surface area contributed by atoms with Crippen molar-refractivity contribution in [1.29, 1.82) is 0 Å². The molecule has 6 nitrogen and oxygen atoms in total. The molecule has 1 aromatic rings. The van der Waals surface area contributed by atoms with Gasteiger partial charge in [-0.3, -0.25) is 14.5 Å². The smallest absolute Gasteiger partial charge is 0.325 e. The largest absolute Gasteiger partial charge is 0.338 e. The van der Waals surface area contributed by atoms with Gasteiger partial charge in [0.25, 0.3) is 5.91 Å². The van der Waals surface area contributed by atoms with E-state index in [1.165, 1.54) is 6.42 Å². The normalized spacial score (nSPS) is 23.8. The van der Waals surface area contributed by atoms with Gasteiger partial charge in [-0.15, -0.1) is 0 Å². The lowest BCUT2D eigenvalue weighted by molar-refractivity contribution is -0.140. The summed E-state index contributed by atoms with van der Waals surface area (Å²) in [5.41, 5.74) is -0.409. The Kier molecular flexibility index (Phi) is 5.30. The summed E-state index contributed by atoms with van der Waals surface area (Å²) in [5.74, 6) is -0.526. The van der Waals surface area contributed by atoms with Crippen LogP contribution in [0.2, 0.25) is 0 Å². The summed E-state index contributed by atoms with van der Waals surface area (Å²) in [5, 5.41) is 2.75. The average Bonchev–Trinajstić information content (AvgIpc) is 2.88. The number of hydrogen-bond acceptors (Lipinski definition) is 3. The molecule has 1 aliphatic heterocycles. The lowest BCUT2D eigenvalue weighted by atomic mass is 9.92. The standard InChI is InChI=1S/C20H27N3O3/c1-3-22(16-12-8-5-9-13-16)17(24)14-23-18(25)20(2,21-19(23)26)15-10-6-4-7-11-15/h4,6-7,10-11,16H,3,5,8-9,12-14H2,1-2H3,(H,21,26)/t20-/m1/s1. The minimum Gasteiger partial charge on any atom is -0.338 e. The summed E-state index contributed by atoms with van der Waals surface area (Å²) >= 11 is 0. The van der Waals surface area contributed by atoms with Crippen LogP contribution < -0.4 is 5.32 Å². The maximum atomic E-state index is 12.9. The number of carbonyl (C=O) groups excluding carboxylic acids is 3. The van der Waals surface area contributed by atoms with Crippen molar-refractivity contribution in [2.45, 2.75) is 57.5 Å². The Morgan fingerprint density at radius 1 is 1.19 bits per heavy atom. The topological polar surface area (TPSA) is 69.7 Å². The van der Waals surface area contributed by atoms with Crippen molar-refractivity contribution in [3.63, 3.8) is 0 Å². The number of nitrogens with one attached hydrogen (secondary N) is 1. The quantitative estimate of drug-likeness (QED) is 0.824. The highest BCUT2D eigenvalue weighted by molar-refractivity contribution is 6.09. The third-order valence-corrected chi connectivity index (χ3v) is 5.60. The molecule has 1 saturated carbocycles. The number of nitrogens with zero attached hydrogens (tertiary/aromatic N) is 2. The number of amides is 4. The van der Waals surface area contributed by atoms with Crippen LogP contribution in [0.5, 0.6) is 0 Å². The van der Waals surface area contributed by atoms with Crippen molar-refractivity contribution < 1.29 is 14.4 Å². The summed E-state index contributed by atoms with van der Waals surface area (Å²) in [6, 6.07) is 8.86. The van der Waals surface area contributed by atoms with E-state index in [0.717, 1.165) is 30.6 Å². The van der Waals surface area contributed by atoms with Crippen molar-refractivity contribution in [2.75, 3.05) is 13.1 Å². The number of urea groups is 1. The maximum absolute atomic E-state index is 12.9. The third kappa shape index (κ3) is 3.32. The Hall–Kier alpha value is -2.37. The molecule has 1 saturated heterocycles. The zero-order valence-electron chi connectivity index (χ0n) is 15.5. The van der Waals surface area contributed by atoms with Gasteiger partial charge in [0.1, 0.15) is 12.1 Å². The summed E-state index contributed by atoms with van der Waals surface area (Å²) in [7, 11) is 0. The van der Waals surface area contributed by atoms with E-state index < -0.39 is 11.6 Å². The van der Waals surface area contributed by atoms with Gasteiger partial charge in [0.15, 0.2) is 0 Å². The van der Waals surface area contributed by atoms with Crippen LogP contribution in [0.4, 0.5) is 4.79 Å². The number of likely N-dealkylation sites (N-methyl/N-ethyl adjacent to an activating group) is 1. The van der Waals surface area contributed by atoms with Gasteiger partial charge in [-0.2, -0.15) is 0 Å². The third-order valence-electron chi connectivity index (χ3n) is 5.60. The molecular formula is C20H27N3O3. The van der Waals surface area contributed by atoms with Gasteiger partial charge in [0, 0.05) is 12.6 Å². The molecule has 0 radical (unpaired) electrons. The predicted octanol–water partition coefficient (Wildman–Crippen LogP) is 2.63. The van der Waals surface area contributed by atoms with Gasteiger partial charge in [0.05, 0.1) is 0 Å². The van der Waals surface area contributed by atoms with Crippen LogP contribution >= 0.6 is 0 Å². The second kappa shape index (κ2) is 7.48. The molecule has 0 bridgehead atoms. The number of rotatable bonds is 5. The first-order chi connectivity index (χ1) is 12.5. The maximum Gasteiger partial charge on any atom is 0.325 e. The molecular weight excluding hydrogens is 330 g/mol. The zero-order valence-corrected chi connectivity index (χ0v) is 15.5. The van der Waals surface area contributed by atoms with E-state index >= 15 is 0 Å². The minimum atomic E-state index is -1.12. The predicted molar refractivity (Wildman–Crippen MR) is 98.3 cm³/mol. The van der Waals surface area contributed by atoms with Crippen LogP contribution in [0, 0.1) is 0 Å². The van der Waals surface area contributed by atoms with E-state index in [1.807, 2.05) is 42.2 Å². The monoisotopic (exact) mass is 357 g/mol. The van der Waals surface area contributed by atoms with Crippen molar-refractivity contribution in [3.05, 3.63) is 35.9 Å². The number of hydrogen-bond donors (Lipinski definition) is 1. The van der Waals surface area contributed by atoms with E-state index in [2.05, 4.69) is 5.32 Å². The van der Waals surface area contributed by atoms with Crippen LogP contribution in [0.25, 0.3) is 0 Å². The first-order valence-corrected chi connectivity index (χ1v) is 9.46. The number of imide groups is 1. The average molecular weight is 357 g/mol. The molecule has 4 amide bonds. The van der Waals surface area contributed by atoms with Crippen LogP contribution in [0.3, 0.4) is 0 Å². The molecule has 1 N–H and O–H groups in total. The molecule has 2 aliphatic rings. The van der Waals surface area contributed by atoms with Gasteiger partial charge in [-0.1, -0.05) is 49.6 Å². The Balaban J connectivity index is 1.74. The SMILES string of the molecule is CCN(C(=O)CN1C(=O)N[C@](C)(c2ccccc2)C1=O)C1CCCCC1. The highest BCUT2D eigenvalue weighted by Gasteiger charge is 2.49. The Morgan fingerprint density at radius 3 is 2.46 bits per heavy atom. The summed E-state index contributed by atoms with van der Waals surface area (Å²) < 4.78 is 0. The molecule has 3 rings (SSSR count). The fraction of sp³-hybridized carbons (Fsp3) is 0.550. The van der Waals surface area contributed by atoms with Gasteiger partial charge in [-0.25, -0.2) is 4.79 Å². The fourth-order valence-electron chi connectivity index (χ4n) is 4.06. The molecule has 26 heavy (non-hydrogen) atoms. The van der Waals surface area contributed by atoms with Crippen molar-refractivity contribution >= 4 is 17.8 Å². The van der Waals surface area contributed by atoms with Gasteiger partial charge < -0.3 is 10.2 Å². The van der Waals surface area contributed by atoms with Gasteiger partial charge in [-0.05, 0) is 32.3 Å². The highest BCUT2D eigenvalue weighted by Crippen LogP contribution is 2.29. The van der Waals surface area contributed by atoms with Gasteiger partial charge in [0.2, 0.25) is 5.91 Å². The Labute approximate surface area is 154 Å². The summed E-state index contributed by atoms with van der Waals surface area (Å²) in [4.78, 5) is 41.1. The Bertz CT molecular complexity index is 685. The molecule has 0 unspecified atom stereocenters. The minimum absolute atomic E-state index is 0.153. The second-order valence-electron chi connectivity index (χ2n) is 7.28. The van der Waals surface area contributed by atoms with Gasteiger partial charge >= 0.3 is 6.03 Å². The number of benzene rings is 1. The molecule has 1 aromatic carbocycles. The Morgan fingerprint density at radius 2 is 1.85 bits per heavy atom. The van der Waals surface area contributed by atoms with Crippen LogP contribution in [-0.4, -0.2) is 46.8 Å². The second-order valence-corrected chi connectivity index (χ2v) is 7.28. The lowest BCUT2D eigenvalue weighted by Gasteiger charge is -2.34. The molecule has 0 spiro atoms. The van der Waals surface area contributed by atoms with E-state index in [0.29, 0.717) is 12.1 Å². The lowest BCUT2D eigenvalue weighted by Crippen LogP contribution is -2.48. The van der Waals surface area contributed by atoms with Crippen molar-refractivity contribution in [1.82, 2.24) is 15.1 Å². The zero-order chi connectivity index (χ0) is 18.7. The molecule has 0 aromatic heterocycles. The number of carbonyl (C=O) groups is 3. The molecule has 1 aliphatic carbocycles. The van der Waals surface area contributed by atoms with E-state index in [9.17, 15) is 14.4 Å². The van der Waals surface area contributed by atoms with Crippen molar-refractivity contribution in [2.24, 2.45) is 0 Å². The molecule has 140 valence electrons. The van der Waals surface area contributed by atoms with Crippen LogP contribution in [0.1, 0.15) is 51.5 Å². The van der Waals surface area contributed by atoms with Crippen LogP contribution in [0.15, 0.2) is 30.3 Å². The first-order valence-electron chi connectivity index (χ1n) is 9.46. The summed E-state index contributed by atoms with van der Waals surface area (Å²) in [6.07, 6.45) is 5.47. The van der Waals surface area contributed by atoms with E-state index in [4.69, 9.17) is 0 Å².